The predicted molar refractivity (Wildman–Crippen MR) is 65.0 cm³/mol. The van der Waals surface area contributed by atoms with Crippen LogP contribution >= 0.6 is 23.1 Å². The van der Waals surface area contributed by atoms with E-state index < -0.39 is 0 Å². The summed E-state index contributed by atoms with van der Waals surface area (Å²) in [4.78, 5) is 6.07. The van der Waals surface area contributed by atoms with Crippen molar-refractivity contribution >= 4 is 39.7 Å². The number of aliphatic imine (C=N–C) groups is 1. The fourth-order valence-electron chi connectivity index (χ4n) is 0.771. The summed E-state index contributed by atoms with van der Waals surface area (Å²) in [5, 5.41) is 2.96. The van der Waals surface area contributed by atoms with Crippen LogP contribution in [0.3, 0.4) is 0 Å². The van der Waals surface area contributed by atoms with Crippen molar-refractivity contribution in [3.8, 4) is 0 Å². The minimum atomic E-state index is 0.942. The maximum Gasteiger partial charge on any atom is 0.115 e. The third kappa shape index (κ3) is 2.86. The van der Waals surface area contributed by atoms with Crippen molar-refractivity contribution in [2.75, 3.05) is 0 Å². The van der Waals surface area contributed by atoms with E-state index in [1.54, 1.807) is 23.1 Å². The first kappa shape index (κ1) is 10.3. The van der Waals surface area contributed by atoms with Gasteiger partial charge in [-0.1, -0.05) is 24.4 Å². The molecule has 1 heterocycles. The van der Waals surface area contributed by atoms with Crippen molar-refractivity contribution < 1.29 is 0 Å². The van der Waals surface area contributed by atoms with Gasteiger partial charge in [0, 0.05) is 9.78 Å². The van der Waals surface area contributed by atoms with Crippen LogP contribution in [-0.2, 0) is 0 Å². The Balaban J connectivity index is 2.71. The van der Waals surface area contributed by atoms with Crippen LogP contribution in [0.1, 0.15) is 11.8 Å². The first-order valence-electron chi connectivity index (χ1n) is 3.81. The molecule has 0 saturated heterocycles. The number of thiophene rings is 1. The lowest BCUT2D eigenvalue weighted by Gasteiger charge is -1.95. The minimum Gasteiger partial charge on any atom is -0.254 e. The zero-order valence-corrected chi connectivity index (χ0v) is 9.12. The Morgan fingerprint density at radius 3 is 2.92 bits per heavy atom. The Labute approximate surface area is 86.9 Å². The van der Waals surface area contributed by atoms with Gasteiger partial charge in [0.1, 0.15) is 5.00 Å². The van der Waals surface area contributed by atoms with Crippen molar-refractivity contribution in [3.63, 3.8) is 0 Å². The topological polar surface area (TPSA) is 12.4 Å². The van der Waals surface area contributed by atoms with Crippen LogP contribution in [0, 0.1) is 0 Å². The van der Waals surface area contributed by atoms with Gasteiger partial charge < -0.3 is 0 Å². The van der Waals surface area contributed by atoms with E-state index in [-0.39, 0.29) is 0 Å². The molecule has 1 aromatic rings. The molecule has 1 rings (SSSR count). The second-order valence-electron chi connectivity index (χ2n) is 2.31. The van der Waals surface area contributed by atoms with Crippen LogP contribution in [-0.4, -0.2) is 6.72 Å². The summed E-state index contributed by atoms with van der Waals surface area (Å²) in [6, 6.07) is 3.97. The molecule has 0 amide bonds. The molecule has 0 aromatic carbocycles. The van der Waals surface area contributed by atoms with E-state index >= 15 is 0 Å². The van der Waals surface area contributed by atoms with E-state index in [9.17, 15) is 0 Å². The van der Waals surface area contributed by atoms with Gasteiger partial charge >= 0.3 is 0 Å². The van der Waals surface area contributed by atoms with Gasteiger partial charge in [0.15, 0.2) is 0 Å². The van der Waals surface area contributed by atoms with Crippen LogP contribution in [0.2, 0.25) is 0 Å². The number of rotatable bonds is 4. The Morgan fingerprint density at radius 1 is 1.62 bits per heavy atom. The van der Waals surface area contributed by atoms with E-state index in [0.717, 1.165) is 14.8 Å². The standard InChI is InChI=1S/C10H11NS2/c1-4-7-12-8(2)9-5-6-10(11-3)13-9/h4-7H,2-3H2,1H3/b7-4-. The van der Waals surface area contributed by atoms with Crippen LogP contribution < -0.4 is 0 Å². The largest absolute Gasteiger partial charge is 0.254 e. The summed E-state index contributed by atoms with van der Waals surface area (Å²) in [6.45, 7) is 9.44. The molecular weight excluding hydrogens is 198 g/mol. The molecule has 13 heavy (non-hydrogen) atoms. The quantitative estimate of drug-likeness (QED) is 0.673. The molecule has 0 aliphatic rings. The van der Waals surface area contributed by atoms with E-state index in [4.69, 9.17) is 0 Å². The first-order valence-corrected chi connectivity index (χ1v) is 5.51. The fraction of sp³-hybridized carbons (Fsp3) is 0.100. The summed E-state index contributed by atoms with van der Waals surface area (Å²) < 4.78 is 0. The molecule has 1 aromatic heterocycles. The lowest BCUT2D eigenvalue weighted by Crippen LogP contribution is -1.64. The van der Waals surface area contributed by atoms with E-state index in [1.165, 1.54) is 0 Å². The first-order chi connectivity index (χ1) is 6.27. The molecule has 0 fully saturated rings. The molecule has 1 nitrogen and oxygen atoms in total. The van der Waals surface area contributed by atoms with Crippen molar-refractivity contribution in [1.82, 2.24) is 0 Å². The molecule has 68 valence electrons. The average molecular weight is 209 g/mol. The van der Waals surface area contributed by atoms with Crippen molar-refractivity contribution in [1.29, 1.82) is 0 Å². The average Bonchev–Trinajstić information content (AvgIpc) is 2.62. The maximum atomic E-state index is 3.97. The molecule has 0 atom stereocenters. The van der Waals surface area contributed by atoms with E-state index in [2.05, 4.69) is 18.3 Å². The highest BCUT2D eigenvalue weighted by molar-refractivity contribution is 8.11. The number of hydrogen-bond donors (Lipinski definition) is 0. The highest BCUT2D eigenvalue weighted by Crippen LogP contribution is 2.34. The Bertz CT molecular complexity index is 336. The van der Waals surface area contributed by atoms with Crippen LogP contribution in [0.15, 0.2) is 35.2 Å². The molecular formula is C10H11NS2. The molecule has 0 radical (unpaired) electrons. The molecule has 0 spiro atoms. The van der Waals surface area contributed by atoms with Gasteiger partial charge in [-0.15, -0.1) is 11.3 Å². The second-order valence-corrected chi connectivity index (χ2v) is 4.37. The zero-order valence-electron chi connectivity index (χ0n) is 7.49. The van der Waals surface area contributed by atoms with Gasteiger partial charge in [-0.25, -0.2) is 0 Å². The molecule has 0 aliphatic carbocycles. The number of thioether (sulfide) groups is 1. The van der Waals surface area contributed by atoms with Crippen molar-refractivity contribution in [2.45, 2.75) is 6.92 Å². The monoisotopic (exact) mass is 209 g/mol. The van der Waals surface area contributed by atoms with Crippen LogP contribution in [0.5, 0.6) is 0 Å². The fourth-order valence-corrected chi connectivity index (χ4v) is 2.20. The highest BCUT2D eigenvalue weighted by atomic mass is 32.2. The Morgan fingerprint density at radius 2 is 2.38 bits per heavy atom. The van der Waals surface area contributed by atoms with Gasteiger partial charge in [-0.05, 0) is 31.2 Å². The van der Waals surface area contributed by atoms with Gasteiger partial charge in [0.05, 0.1) is 0 Å². The summed E-state index contributed by atoms with van der Waals surface area (Å²) in [6.07, 6.45) is 2.00. The number of allylic oxidation sites excluding steroid dienone is 1. The highest BCUT2D eigenvalue weighted by Gasteiger charge is 2.01. The Kier molecular flexibility index (Phi) is 3.99. The van der Waals surface area contributed by atoms with Crippen LogP contribution in [0.4, 0.5) is 5.00 Å². The second kappa shape index (κ2) is 5.04. The minimum absolute atomic E-state index is 0.942. The molecule has 0 saturated carbocycles. The van der Waals surface area contributed by atoms with Crippen molar-refractivity contribution in [2.24, 2.45) is 4.99 Å². The van der Waals surface area contributed by atoms with E-state index in [1.807, 2.05) is 30.5 Å². The third-order valence-electron chi connectivity index (χ3n) is 1.37. The maximum absolute atomic E-state index is 3.97. The Hall–Kier alpha value is -0.800. The van der Waals surface area contributed by atoms with Crippen LogP contribution in [0.25, 0.3) is 4.91 Å². The zero-order chi connectivity index (χ0) is 9.68. The van der Waals surface area contributed by atoms with Gasteiger partial charge in [0.2, 0.25) is 0 Å². The third-order valence-corrected chi connectivity index (χ3v) is 3.49. The van der Waals surface area contributed by atoms with Crippen molar-refractivity contribution in [3.05, 3.63) is 35.1 Å². The molecule has 0 bridgehead atoms. The van der Waals surface area contributed by atoms with Gasteiger partial charge in [-0.2, -0.15) is 0 Å². The molecule has 3 heteroatoms. The number of nitrogens with zero attached hydrogens (tertiary/aromatic N) is 1. The van der Waals surface area contributed by atoms with E-state index in [0.29, 0.717) is 0 Å². The summed E-state index contributed by atoms with van der Waals surface area (Å²) in [5.74, 6) is 0. The van der Waals surface area contributed by atoms with Gasteiger partial charge in [-0.3, -0.25) is 4.99 Å². The molecule has 0 unspecified atom stereocenters. The molecule has 0 aliphatic heterocycles. The summed E-state index contributed by atoms with van der Waals surface area (Å²) >= 11 is 3.23. The predicted octanol–water partition coefficient (Wildman–Crippen LogP) is 4.32. The molecule has 0 N–H and O–H groups in total. The lowest BCUT2D eigenvalue weighted by atomic mass is 10.4. The summed E-state index contributed by atoms with van der Waals surface area (Å²) in [5.41, 5.74) is 0. The smallest absolute Gasteiger partial charge is 0.115 e. The summed E-state index contributed by atoms with van der Waals surface area (Å²) in [7, 11) is 0. The SMILES string of the molecule is C=Nc1ccc(C(=C)S/C=C\C)s1. The normalized spacial score (nSPS) is 10.5. The number of hydrogen-bond acceptors (Lipinski definition) is 3. The lowest BCUT2D eigenvalue weighted by molar-refractivity contribution is 1.69. The van der Waals surface area contributed by atoms with Gasteiger partial charge in [0.25, 0.3) is 0 Å².